The summed E-state index contributed by atoms with van der Waals surface area (Å²) >= 11 is 0. The number of carbonyl (C=O) groups excluding carboxylic acids is 1. The van der Waals surface area contributed by atoms with Crippen LogP contribution in [-0.2, 0) is 4.79 Å². The number of halogens is 2. The lowest BCUT2D eigenvalue weighted by molar-refractivity contribution is -0.128. The maximum Gasteiger partial charge on any atom is 0.264 e. The van der Waals surface area contributed by atoms with Crippen molar-refractivity contribution in [3.8, 4) is 11.4 Å². The molecule has 5 rings (SSSR count). The third kappa shape index (κ3) is 3.71. The molecule has 0 bridgehead atoms. The Labute approximate surface area is 196 Å². The summed E-state index contributed by atoms with van der Waals surface area (Å²) < 4.78 is 36.0. The molecule has 0 radical (unpaired) electrons. The Morgan fingerprint density at radius 2 is 1.79 bits per heavy atom. The Kier molecular flexibility index (Phi) is 5.15. The Morgan fingerprint density at radius 1 is 1.06 bits per heavy atom. The van der Waals surface area contributed by atoms with Crippen molar-refractivity contribution in [3.63, 3.8) is 0 Å². The van der Waals surface area contributed by atoms with Gasteiger partial charge in [-0.05, 0) is 76.2 Å². The van der Waals surface area contributed by atoms with Crippen LogP contribution in [0.3, 0.4) is 0 Å². The van der Waals surface area contributed by atoms with Crippen molar-refractivity contribution in [3.05, 3.63) is 83.8 Å². The molecule has 2 atom stereocenters. The molecule has 1 aliphatic rings. The van der Waals surface area contributed by atoms with Crippen LogP contribution in [0.25, 0.3) is 16.6 Å². The van der Waals surface area contributed by atoms with Gasteiger partial charge in [0.05, 0.1) is 29.1 Å². The maximum atomic E-state index is 14.6. The van der Waals surface area contributed by atoms with Crippen LogP contribution < -0.4 is 9.64 Å². The zero-order chi connectivity index (χ0) is 24.2. The van der Waals surface area contributed by atoms with Gasteiger partial charge in [0.25, 0.3) is 5.91 Å². The van der Waals surface area contributed by atoms with Gasteiger partial charge in [-0.25, -0.2) is 13.5 Å². The molecule has 0 aliphatic carbocycles. The van der Waals surface area contributed by atoms with Gasteiger partial charge in [-0.3, -0.25) is 4.79 Å². The van der Waals surface area contributed by atoms with Crippen LogP contribution in [0.1, 0.15) is 38.0 Å². The van der Waals surface area contributed by atoms with Crippen LogP contribution in [0.4, 0.5) is 14.5 Å². The lowest BCUT2D eigenvalue weighted by Crippen LogP contribution is -2.46. The zero-order valence-corrected chi connectivity index (χ0v) is 19.4. The number of hydrogen-bond acceptors (Lipinski definition) is 3. The van der Waals surface area contributed by atoms with E-state index < -0.39 is 23.7 Å². The molecule has 0 saturated carbocycles. The fourth-order valence-corrected chi connectivity index (χ4v) is 4.50. The van der Waals surface area contributed by atoms with Crippen LogP contribution >= 0.6 is 0 Å². The number of alkyl halides is 1. The summed E-state index contributed by atoms with van der Waals surface area (Å²) in [7, 11) is 0. The Balaban J connectivity index is 1.49. The molecule has 1 aromatic heterocycles. The van der Waals surface area contributed by atoms with Gasteiger partial charge in [-0.2, -0.15) is 5.10 Å². The molecule has 2 heterocycles. The average Bonchev–Trinajstić information content (AvgIpc) is 3.32. The van der Waals surface area contributed by atoms with E-state index in [0.29, 0.717) is 11.4 Å². The molecule has 4 aromatic rings. The summed E-state index contributed by atoms with van der Waals surface area (Å²) in [5, 5.41) is 5.29. The molecule has 0 unspecified atom stereocenters. The van der Waals surface area contributed by atoms with Gasteiger partial charge in [0.1, 0.15) is 17.7 Å². The number of fused-ring (bicyclic) bond motifs is 2. The summed E-state index contributed by atoms with van der Waals surface area (Å²) in [5.41, 5.74) is 2.16. The highest BCUT2D eigenvalue weighted by Gasteiger charge is 2.45. The van der Waals surface area contributed by atoms with Crippen LogP contribution in [0.2, 0.25) is 0 Å². The summed E-state index contributed by atoms with van der Waals surface area (Å²) in [6, 6.07) is 17.1. The fourth-order valence-electron chi connectivity index (χ4n) is 4.50. The van der Waals surface area contributed by atoms with Gasteiger partial charge in [-0.1, -0.05) is 17.7 Å². The Morgan fingerprint density at radius 3 is 2.50 bits per heavy atom. The van der Waals surface area contributed by atoms with Gasteiger partial charge < -0.3 is 9.64 Å². The number of nitrogens with zero attached hydrogens (tertiary/aromatic N) is 3. The van der Waals surface area contributed by atoms with E-state index in [1.165, 1.54) is 30.9 Å². The van der Waals surface area contributed by atoms with Crippen molar-refractivity contribution in [1.82, 2.24) is 9.78 Å². The van der Waals surface area contributed by atoms with E-state index in [0.717, 1.165) is 27.7 Å². The lowest BCUT2D eigenvalue weighted by Gasteiger charge is -2.29. The number of ether oxygens (including phenoxy) is 1. The molecular weight excluding hydrogens is 436 g/mol. The highest BCUT2D eigenvalue weighted by molar-refractivity contribution is 6.01. The number of carbonyl (C=O) groups is 1. The third-order valence-corrected chi connectivity index (χ3v) is 6.20. The second kappa shape index (κ2) is 7.94. The zero-order valence-electron chi connectivity index (χ0n) is 19.4. The Hall–Kier alpha value is -3.74. The van der Waals surface area contributed by atoms with E-state index in [4.69, 9.17) is 4.74 Å². The third-order valence-electron chi connectivity index (χ3n) is 6.20. The van der Waals surface area contributed by atoms with Crippen molar-refractivity contribution >= 4 is 22.5 Å². The lowest BCUT2D eigenvalue weighted by atomic mass is 10.0. The largest absolute Gasteiger partial charge is 0.483 e. The number of aromatic nitrogens is 2. The Bertz CT molecular complexity index is 1390. The van der Waals surface area contributed by atoms with Crippen LogP contribution in [0, 0.1) is 12.7 Å². The molecule has 7 heteroatoms. The number of anilines is 1. The van der Waals surface area contributed by atoms with E-state index in [1.807, 2.05) is 50.2 Å². The minimum absolute atomic E-state index is 0.305. The monoisotopic (exact) mass is 461 g/mol. The van der Waals surface area contributed by atoms with Gasteiger partial charge in [-0.15, -0.1) is 0 Å². The highest BCUT2D eigenvalue weighted by Crippen LogP contribution is 2.44. The number of rotatable bonds is 4. The van der Waals surface area contributed by atoms with E-state index in [2.05, 4.69) is 5.10 Å². The number of aryl methyl sites for hydroxylation is 1. The van der Waals surface area contributed by atoms with Crippen molar-refractivity contribution < 1.29 is 18.3 Å². The van der Waals surface area contributed by atoms with E-state index in [-0.39, 0.29) is 5.82 Å². The van der Waals surface area contributed by atoms with Crippen molar-refractivity contribution in [1.29, 1.82) is 0 Å². The molecule has 0 N–H and O–H groups in total. The number of amides is 1. The highest BCUT2D eigenvalue weighted by atomic mass is 19.1. The first-order valence-corrected chi connectivity index (χ1v) is 11.2. The van der Waals surface area contributed by atoms with Crippen molar-refractivity contribution in [2.75, 3.05) is 4.90 Å². The molecule has 0 fully saturated rings. The summed E-state index contributed by atoms with van der Waals surface area (Å²) in [6.07, 6.45) is 1.27. The summed E-state index contributed by atoms with van der Waals surface area (Å²) in [4.78, 5) is 14.4. The smallest absolute Gasteiger partial charge is 0.264 e. The molecule has 0 saturated heterocycles. The van der Waals surface area contributed by atoms with E-state index in [9.17, 15) is 13.6 Å². The van der Waals surface area contributed by atoms with E-state index >= 15 is 0 Å². The van der Waals surface area contributed by atoms with Crippen molar-refractivity contribution in [2.45, 2.75) is 45.5 Å². The minimum atomic E-state index is -2.00. The van der Waals surface area contributed by atoms with Gasteiger partial charge in [0, 0.05) is 10.9 Å². The van der Waals surface area contributed by atoms with Crippen LogP contribution in [0.5, 0.6) is 5.75 Å². The second-order valence-corrected chi connectivity index (χ2v) is 9.24. The van der Waals surface area contributed by atoms with Crippen LogP contribution in [0.15, 0.2) is 66.9 Å². The fraction of sp³-hybridized carbons (Fsp3) is 0.259. The maximum absolute atomic E-state index is 14.6. The quantitative estimate of drug-likeness (QED) is 0.370. The first-order chi connectivity index (χ1) is 16.1. The standard InChI is InChI=1S/C27H25F2N3O2/c1-16-5-11-24-22(13-16)25(17(2)31(24)26(33)27(3,4)29)34-21-10-12-23-18(14-21)15-30-32(23)20-8-6-19(28)7-9-20/h5-15,17,25H,1-4H3/t17-,25-/m0/s1. The first-order valence-electron chi connectivity index (χ1n) is 11.2. The molecule has 174 valence electrons. The number of hydrogen-bond donors (Lipinski definition) is 0. The second-order valence-electron chi connectivity index (χ2n) is 9.24. The van der Waals surface area contributed by atoms with Gasteiger partial charge >= 0.3 is 0 Å². The van der Waals surface area contributed by atoms with Crippen LogP contribution in [-0.4, -0.2) is 27.4 Å². The summed E-state index contributed by atoms with van der Waals surface area (Å²) in [5.74, 6) is -0.280. The molecule has 0 spiro atoms. The topological polar surface area (TPSA) is 47.4 Å². The molecule has 1 amide bonds. The molecular formula is C27H25F2N3O2. The average molecular weight is 462 g/mol. The summed E-state index contributed by atoms with van der Waals surface area (Å²) in [6.45, 7) is 6.39. The first kappa shape index (κ1) is 22.1. The van der Waals surface area contributed by atoms with E-state index in [1.54, 1.807) is 23.0 Å². The normalized spacial score (nSPS) is 17.8. The predicted molar refractivity (Wildman–Crippen MR) is 128 cm³/mol. The molecule has 34 heavy (non-hydrogen) atoms. The van der Waals surface area contributed by atoms with Gasteiger partial charge in [0.15, 0.2) is 5.67 Å². The number of benzene rings is 3. The molecule has 3 aromatic carbocycles. The van der Waals surface area contributed by atoms with Gasteiger partial charge in [0.2, 0.25) is 0 Å². The molecule has 1 aliphatic heterocycles. The van der Waals surface area contributed by atoms with Crippen molar-refractivity contribution in [2.24, 2.45) is 0 Å². The SMILES string of the molecule is Cc1ccc2c(c1)[C@@H](Oc1ccc3c(cnn3-c3ccc(F)cc3)c1)[C@H](C)N2C(=O)C(C)(C)F. The minimum Gasteiger partial charge on any atom is -0.483 e. The predicted octanol–water partition coefficient (Wildman–Crippen LogP) is 6.08. The molecule has 5 nitrogen and oxygen atoms in total.